The average Bonchev–Trinajstić information content (AvgIpc) is 3.42. The molecule has 172 valence electrons. The van der Waals surface area contributed by atoms with Gasteiger partial charge in [0.15, 0.2) is 5.17 Å². The Kier molecular flexibility index (Phi) is 5.83. The molecule has 0 aliphatic carbocycles. The Balaban J connectivity index is 1.54. The summed E-state index contributed by atoms with van der Waals surface area (Å²) >= 11 is 1.18. The summed E-state index contributed by atoms with van der Waals surface area (Å²) in [5.74, 6) is -1.43. The Morgan fingerprint density at radius 3 is 2.56 bits per heavy atom. The minimum absolute atomic E-state index is 0.146. The van der Waals surface area contributed by atoms with Gasteiger partial charge in [0.1, 0.15) is 5.25 Å². The topological polar surface area (TPSA) is 85.6 Å². The largest absolute Gasteiger partial charge is 0.481 e. The second-order valence-corrected chi connectivity index (χ2v) is 9.73. The first-order chi connectivity index (χ1) is 16.4. The van der Waals surface area contributed by atoms with Crippen molar-refractivity contribution in [1.82, 2.24) is 5.01 Å². The molecule has 7 nitrogen and oxygen atoms in total. The van der Waals surface area contributed by atoms with E-state index in [2.05, 4.69) is 53.5 Å². The van der Waals surface area contributed by atoms with Gasteiger partial charge in [0, 0.05) is 31.8 Å². The third kappa shape index (κ3) is 4.17. The van der Waals surface area contributed by atoms with Gasteiger partial charge in [-0.3, -0.25) is 9.59 Å². The number of hydrazone groups is 1. The molecule has 2 aliphatic rings. The Morgan fingerprint density at radius 2 is 1.82 bits per heavy atom. The van der Waals surface area contributed by atoms with Crippen molar-refractivity contribution in [1.29, 1.82) is 0 Å². The lowest BCUT2D eigenvalue weighted by Gasteiger charge is -2.23. The van der Waals surface area contributed by atoms with Gasteiger partial charge >= 0.3 is 5.97 Å². The van der Waals surface area contributed by atoms with Gasteiger partial charge in [-0.1, -0.05) is 66.4 Å². The van der Waals surface area contributed by atoms with Crippen LogP contribution in [-0.4, -0.2) is 52.2 Å². The highest BCUT2D eigenvalue weighted by atomic mass is 32.2. The van der Waals surface area contributed by atoms with Crippen LogP contribution >= 0.6 is 11.8 Å². The first kappa shape index (κ1) is 22.2. The molecule has 2 unspecified atom stereocenters. The number of aliphatic imine (C=N–C) groups is 1. The van der Waals surface area contributed by atoms with Crippen molar-refractivity contribution in [3.63, 3.8) is 0 Å². The second-order valence-electron chi connectivity index (χ2n) is 8.56. The van der Waals surface area contributed by atoms with E-state index >= 15 is 0 Å². The van der Waals surface area contributed by atoms with Crippen molar-refractivity contribution < 1.29 is 14.7 Å². The van der Waals surface area contributed by atoms with Crippen LogP contribution in [0.1, 0.15) is 30.0 Å². The number of carbonyl (C=O) groups is 2. The van der Waals surface area contributed by atoms with Crippen molar-refractivity contribution >= 4 is 51.0 Å². The number of thioether (sulfide) groups is 1. The van der Waals surface area contributed by atoms with Crippen LogP contribution in [0.3, 0.4) is 0 Å². The van der Waals surface area contributed by atoms with E-state index in [4.69, 9.17) is 5.10 Å². The van der Waals surface area contributed by atoms with Gasteiger partial charge in [-0.05, 0) is 28.5 Å². The highest BCUT2D eigenvalue weighted by molar-refractivity contribution is 8.15. The number of carbonyl (C=O) groups excluding carboxylic acids is 1. The third-order valence-electron chi connectivity index (χ3n) is 6.09. The van der Waals surface area contributed by atoms with Gasteiger partial charge in [-0.25, -0.2) is 5.01 Å². The molecule has 0 saturated heterocycles. The van der Waals surface area contributed by atoms with E-state index in [1.807, 2.05) is 37.2 Å². The van der Waals surface area contributed by atoms with Crippen LogP contribution in [-0.2, 0) is 9.59 Å². The Labute approximate surface area is 201 Å². The second kappa shape index (κ2) is 8.95. The minimum Gasteiger partial charge on any atom is -0.481 e. The zero-order chi connectivity index (χ0) is 23.8. The molecule has 8 heteroatoms. The number of hydrogen-bond donors (Lipinski definition) is 1. The number of carboxylic acid groups (broad SMARTS) is 1. The molecule has 34 heavy (non-hydrogen) atoms. The van der Waals surface area contributed by atoms with E-state index < -0.39 is 17.1 Å². The van der Waals surface area contributed by atoms with Crippen molar-refractivity contribution in [2.75, 3.05) is 19.0 Å². The number of fused-ring (bicyclic) bond motifs is 1. The summed E-state index contributed by atoms with van der Waals surface area (Å²) in [7, 11) is 3.99. The number of rotatable bonds is 5. The number of aliphatic carboxylic acids is 1. The highest BCUT2D eigenvalue weighted by Gasteiger charge is 2.39. The number of hydrogen-bond acceptors (Lipinski definition) is 6. The van der Waals surface area contributed by atoms with Gasteiger partial charge in [-0.15, -0.1) is 0 Å². The summed E-state index contributed by atoms with van der Waals surface area (Å²) in [5.41, 5.74) is 4.11. The van der Waals surface area contributed by atoms with Crippen LogP contribution in [0.15, 0.2) is 76.8 Å². The highest BCUT2D eigenvalue weighted by Crippen LogP contribution is 2.39. The SMILES string of the molecule is CN(C)c1ccc(C2CC(c3cccc4ccccc34)=NN2C2=NC(=O)C(CC(=O)O)S2)cc1. The van der Waals surface area contributed by atoms with Crippen molar-refractivity contribution in [2.24, 2.45) is 10.1 Å². The van der Waals surface area contributed by atoms with Crippen LogP contribution in [0.5, 0.6) is 0 Å². The first-order valence-corrected chi connectivity index (χ1v) is 11.9. The number of anilines is 1. The standard InChI is InChI=1S/C26H24N4O3S/c1-29(2)18-12-10-17(11-13-18)22-14-21(20-9-5-7-16-6-3-4-8-19(16)20)28-30(22)26-27-25(33)23(34-26)15-24(31)32/h3-13,22-23H,14-15H2,1-2H3,(H,31,32). The van der Waals surface area contributed by atoms with Crippen LogP contribution in [0.25, 0.3) is 10.8 Å². The Bertz CT molecular complexity index is 1330. The predicted molar refractivity (Wildman–Crippen MR) is 137 cm³/mol. The molecular formula is C26H24N4O3S. The van der Waals surface area contributed by atoms with E-state index in [-0.39, 0.29) is 12.5 Å². The fourth-order valence-corrected chi connectivity index (χ4v) is 5.40. The zero-order valence-electron chi connectivity index (χ0n) is 18.9. The van der Waals surface area contributed by atoms with Gasteiger partial charge in [-0.2, -0.15) is 10.1 Å². The normalized spacial score (nSPS) is 19.9. The molecular weight excluding hydrogens is 448 g/mol. The van der Waals surface area contributed by atoms with Gasteiger partial charge < -0.3 is 10.0 Å². The van der Waals surface area contributed by atoms with Crippen molar-refractivity contribution in [3.8, 4) is 0 Å². The smallest absolute Gasteiger partial charge is 0.305 e. The van der Waals surface area contributed by atoms with E-state index in [9.17, 15) is 14.7 Å². The Hall–Kier alpha value is -3.65. The number of carboxylic acids is 1. The summed E-state index contributed by atoms with van der Waals surface area (Å²) in [6.45, 7) is 0. The van der Waals surface area contributed by atoms with Crippen molar-refractivity contribution in [3.05, 3.63) is 77.9 Å². The number of nitrogens with zero attached hydrogens (tertiary/aromatic N) is 4. The molecule has 2 atom stereocenters. The lowest BCUT2D eigenvalue weighted by molar-refractivity contribution is -0.138. The van der Waals surface area contributed by atoms with Crippen LogP contribution in [0, 0.1) is 0 Å². The fourth-order valence-electron chi connectivity index (χ4n) is 4.34. The first-order valence-electron chi connectivity index (χ1n) is 11.0. The molecule has 1 amide bonds. The summed E-state index contributed by atoms with van der Waals surface area (Å²) in [6, 6.07) is 22.5. The summed E-state index contributed by atoms with van der Waals surface area (Å²) in [4.78, 5) is 29.9. The number of benzene rings is 3. The molecule has 0 aromatic heterocycles. The van der Waals surface area contributed by atoms with E-state index in [1.165, 1.54) is 11.8 Å². The van der Waals surface area contributed by atoms with E-state index in [1.54, 1.807) is 5.01 Å². The lowest BCUT2D eigenvalue weighted by atomic mass is 9.95. The lowest BCUT2D eigenvalue weighted by Crippen LogP contribution is -2.24. The molecule has 3 aromatic rings. The quantitative estimate of drug-likeness (QED) is 0.587. The van der Waals surface area contributed by atoms with Gasteiger partial charge in [0.25, 0.3) is 5.91 Å². The maximum atomic E-state index is 12.4. The predicted octanol–water partition coefficient (Wildman–Crippen LogP) is 4.53. The third-order valence-corrected chi connectivity index (χ3v) is 7.23. The van der Waals surface area contributed by atoms with Crippen molar-refractivity contribution in [2.45, 2.75) is 24.1 Å². The maximum absolute atomic E-state index is 12.4. The molecule has 0 bridgehead atoms. The average molecular weight is 473 g/mol. The molecule has 1 N–H and O–H groups in total. The monoisotopic (exact) mass is 472 g/mol. The number of amides is 1. The molecule has 0 saturated carbocycles. The van der Waals surface area contributed by atoms with Gasteiger partial charge in [0.2, 0.25) is 0 Å². The summed E-state index contributed by atoms with van der Waals surface area (Å²) in [6.07, 6.45) is 0.388. The summed E-state index contributed by atoms with van der Waals surface area (Å²) < 4.78 is 0. The van der Waals surface area contributed by atoms with Crippen LogP contribution in [0.4, 0.5) is 5.69 Å². The Morgan fingerprint density at radius 1 is 1.09 bits per heavy atom. The molecule has 5 rings (SSSR count). The minimum atomic E-state index is -1.01. The van der Waals surface area contributed by atoms with E-state index in [0.29, 0.717) is 11.6 Å². The molecule has 3 aromatic carbocycles. The molecule has 2 aliphatic heterocycles. The molecule has 0 spiro atoms. The van der Waals surface area contributed by atoms with Crippen LogP contribution < -0.4 is 4.90 Å². The maximum Gasteiger partial charge on any atom is 0.305 e. The molecule has 2 heterocycles. The number of amidine groups is 1. The molecule has 0 fully saturated rings. The van der Waals surface area contributed by atoms with Crippen LogP contribution in [0.2, 0.25) is 0 Å². The fraction of sp³-hybridized carbons (Fsp3) is 0.231. The van der Waals surface area contributed by atoms with E-state index in [0.717, 1.165) is 33.3 Å². The van der Waals surface area contributed by atoms with Gasteiger partial charge in [0.05, 0.1) is 18.2 Å². The zero-order valence-corrected chi connectivity index (χ0v) is 19.7. The molecule has 0 radical (unpaired) electrons. The summed E-state index contributed by atoms with van der Waals surface area (Å²) in [5, 5.41) is 17.9.